The molecule has 0 N–H and O–H groups in total. The van der Waals surface area contributed by atoms with E-state index in [4.69, 9.17) is 9.47 Å². The lowest BCUT2D eigenvalue weighted by molar-refractivity contribution is -0.385. The van der Waals surface area contributed by atoms with Crippen molar-refractivity contribution in [2.75, 3.05) is 7.11 Å². The van der Waals surface area contributed by atoms with Crippen molar-refractivity contribution in [1.82, 2.24) is 14.6 Å². The third-order valence-electron chi connectivity index (χ3n) is 5.07. The molecule has 0 aliphatic heterocycles. The summed E-state index contributed by atoms with van der Waals surface area (Å²) >= 11 is 6.84. The van der Waals surface area contributed by atoms with E-state index in [0.29, 0.717) is 32.5 Å². The summed E-state index contributed by atoms with van der Waals surface area (Å²) in [5.74, 6) is 1.16. The minimum absolute atomic E-state index is 0.0834. The van der Waals surface area contributed by atoms with Gasteiger partial charge in [0.05, 0.1) is 29.2 Å². The number of hydrogen-bond acceptors (Lipinski definition) is 8. The molecule has 184 valence electrons. The summed E-state index contributed by atoms with van der Waals surface area (Å²) in [5.41, 5.74) is 0.568. The maximum absolute atomic E-state index is 13.3. The van der Waals surface area contributed by atoms with Gasteiger partial charge < -0.3 is 9.47 Å². The Kier molecular flexibility index (Phi) is 7.45. The molecular weight excluding hydrogens is 598 g/mol. The minimum Gasteiger partial charge on any atom is -0.493 e. The van der Waals surface area contributed by atoms with Crippen LogP contribution in [0.3, 0.4) is 0 Å². The second kappa shape index (κ2) is 10.5. The summed E-state index contributed by atoms with van der Waals surface area (Å²) in [7, 11) is 1.48. The fourth-order valence-electron chi connectivity index (χ4n) is 3.36. The predicted molar refractivity (Wildman–Crippen MR) is 142 cm³/mol. The molecule has 12 heteroatoms. The van der Waals surface area contributed by atoms with Gasteiger partial charge in [0.15, 0.2) is 11.5 Å². The Morgan fingerprint density at radius 1 is 1.14 bits per heavy atom. The van der Waals surface area contributed by atoms with Gasteiger partial charge in [-0.05, 0) is 30.3 Å². The number of hydrogen-bond donors (Lipinski definition) is 0. The Hall–Kier alpha value is -3.64. The van der Waals surface area contributed by atoms with Crippen molar-refractivity contribution >= 4 is 54.7 Å². The topological polar surface area (TPSA) is 122 Å². The van der Waals surface area contributed by atoms with Crippen LogP contribution in [0.2, 0.25) is 0 Å². The lowest BCUT2D eigenvalue weighted by Crippen LogP contribution is -2.23. The second-order valence-electron chi connectivity index (χ2n) is 7.89. The number of nitro groups is 1. The van der Waals surface area contributed by atoms with Gasteiger partial charge in [0.1, 0.15) is 12.0 Å². The number of rotatable bonds is 7. The molecule has 0 aliphatic carbocycles. The van der Waals surface area contributed by atoms with E-state index in [9.17, 15) is 14.9 Å². The van der Waals surface area contributed by atoms with Crippen molar-refractivity contribution in [2.45, 2.75) is 19.8 Å². The van der Waals surface area contributed by atoms with Crippen molar-refractivity contribution in [3.8, 4) is 17.4 Å². The summed E-state index contributed by atoms with van der Waals surface area (Å²) < 4.78 is 14.1. The van der Waals surface area contributed by atoms with Gasteiger partial charge in [-0.15, -0.1) is 0 Å². The summed E-state index contributed by atoms with van der Waals surface area (Å²) in [4.78, 5) is 32.4. The number of nitrogens with zero attached hydrogens (tertiary/aromatic N) is 5. The normalized spacial score (nSPS) is 11.4. The Balaban J connectivity index is 1.83. The number of benzene rings is 2. The molecular formula is C24H19Br2N5O5. The van der Waals surface area contributed by atoms with Crippen LogP contribution in [0, 0.1) is 10.1 Å². The van der Waals surface area contributed by atoms with Gasteiger partial charge in [-0.25, -0.2) is 9.97 Å². The van der Waals surface area contributed by atoms with Gasteiger partial charge >= 0.3 is 0 Å². The van der Waals surface area contributed by atoms with E-state index in [1.807, 2.05) is 19.9 Å². The van der Waals surface area contributed by atoms with Gasteiger partial charge in [0.2, 0.25) is 5.88 Å². The van der Waals surface area contributed by atoms with Crippen LogP contribution in [0.15, 0.2) is 67.5 Å². The molecule has 0 spiro atoms. The first-order valence-corrected chi connectivity index (χ1v) is 12.2. The number of halogens is 2. The molecule has 0 aliphatic rings. The Morgan fingerprint density at radius 2 is 1.92 bits per heavy atom. The number of ether oxygens (including phenoxy) is 2. The number of aromatic nitrogens is 3. The van der Waals surface area contributed by atoms with Gasteiger partial charge in [-0.3, -0.25) is 14.9 Å². The summed E-state index contributed by atoms with van der Waals surface area (Å²) in [6, 6.07) is 11.4. The molecule has 2 heterocycles. The third kappa shape index (κ3) is 5.29. The Bertz CT molecular complexity index is 1550. The fraction of sp³-hybridized carbons (Fsp3) is 0.167. The maximum Gasteiger partial charge on any atom is 0.287 e. The zero-order valence-electron chi connectivity index (χ0n) is 19.3. The third-order valence-corrected chi connectivity index (χ3v) is 6.02. The van der Waals surface area contributed by atoms with Gasteiger partial charge in [-0.1, -0.05) is 45.7 Å². The molecule has 36 heavy (non-hydrogen) atoms. The van der Waals surface area contributed by atoms with Gasteiger partial charge in [0.25, 0.3) is 11.2 Å². The first-order chi connectivity index (χ1) is 17.2. The van der Waals surface area contributed by atoms with Crippen molar-refractivity contribution < 1.29 is 14.4 Å². The molecule has 10 nitrogen and oxygen atoms in total. The quantitative estimate of drug-likeness (QED) is 0.141. The molecule has 0 radical (unpaired) electrons. The van der Waals surface area contributed by atoms with E-state index in [0.717, 1.165) is 10.7 Å². The SMILES string of the molecule is COc1cc(Br)cc(C=Nn2c(C(C)C)nc3ccc(Br)cc3c2=O)c1Oc1ccc([N+](=O)[O-])cn1. The zero-order valence-corrected chi connectivity index (χ0v) is 22.5. The van der Waals surface area contributed by atoms with Crippen LogP contribution in [-0.4, -0.2) is 32.9 Å². The molecule has 0 saturated carbocycles. The average molecular weight is 617 g/mol. The lowest BCUT2D eigenvalue weighted by atomic mass is 10.2. The van der Waals surface area contributed by atoms with Crippen LogP contribution in [0.5, 0.6) is 17.4 Å². The zero-order chi connectivity index (χ0) is 26.0. The van der Waals surface area contributed by atoms with E-state index < -0.39 is 4.92 Å². The fourth-order valence-corrected chi connectivity index (χ4v) is 4.18. The highest BCUT2D eigenvalue weighted by Crippen LogP contribution is 2.37. The lowest BCUT2D eigenvalue weighted by Gasteiger charge is -2.14. The average Bonchev–Trinajstić information content (AvgIpc) is 2.85. The van der Waals surface area contributed by atoms with Crippen molar-refractivity contribution in [1.29, 1.82) is 0 Å². The molecule has 0 atom stereocenters. The Labute approximate surface area is 222 Å². The van der Waals surface area contributed by atoms with Crippen LogP contribution >= 0.6 is 31.9 Å². The summed E-state index contributed by atoms with van der Waals surface area (Å²) in [6.45, 7) is 3.85. The van der Waals surface area contributed by atoms with Crippen molar-refractivity contribution in [3.63, 3.8) is 0 Å². The van der Waals surface area contributed by atoms with E-state index in [1.54, 1.807) is 24.3 Å². The van der Waals surface area contributed by atoms with Gasteiger partial charge in [-0.2, -0.15) is 9.78 Å². The van der Waals surface area contributed by atoms with E-state index in [2.05, 4.69) is 46.9 Å². The molecule has 0 fully saturated rings. The molecule has 4 rings (SSSR count). The molecule has 4 aromatic rings. The molecule has 0 amide bonds. The molecule has 2 aromatic heterocycles. The van der Waals surface area contributed by atoms with E-state index in [1.165, 1.54) is 30.1 Å². The monoisotopic (exact) mass is 615 g/mol. The summed E-state index contributed by atoms with van der Waals surface area (Å²) in [6.07, 6.45) is 2.56. The molecule has 2 aromatic carbocycles. The van der Waals surface area contributed by atoms with Crippen LogP contribution < -0.4 is 15.0 Å². The molecule has 0 saturated heterocycles. The van der Waals surface area contributed by atoms with Gasteiger partial charge in [0, 0.05) is 32.6 Å². The number of methoxy groups -OCH3 is 1. The number of pyridine rings is 1. The second-order valence-corrected chi connectivity index (χ2v) is 9.72. The van der Waals surface area contributed by atoms with Crippen LogP contribution in [0.4, 0.5) is 5.69 Å². The smallest absolute Gasteiger partial charge is 0.287 e. The molecule has 0 bridgehead atoms. The standard InChI is InChI=1S/C24H19Br2N5O5/c1-13(2)23-29-19-6-4-15(25)9-18(19)24(32)30(23)28-11-14-8-16(26)10-20(35-3)22(14)36-21-7-5-17(12-27-21)31(33)34/h4-13H,1-3H3. The highest BCUT2D eigenvalue weighted by molar-refractivity contribution is 9.10. The Morgan fingerprint density at radius 3 is 2.56 bits per heavy atom. The van der Waals surface area contributed by atoms with Crippen LogP contribution in [-0.2, 0) is 0 Å². The highest BCUT2D eigenvalue weighted by atomic mass is 79.9. The van der Waals surface area contributed by atoms with E-state index in [-0.39, 0.29) is 28.8 Å². The maximum atomic E-state index is 13.3. The van der Waals surface area contributed by atoms with Crippen molar-refractivity contribution in [2.24, 2.45) is 5.10 Å². The van der Waals surface area contributed by atoms with E-state index >= 15 is 0 Å². The van der Waals surface area contributed by atoms with Crippen LogP contribution in [0.25, 0.3) is 10.9 Å². The number of fused-ring (bicyclic) bond motifs is 1. The predicted octanol–water partition coefficient (Wildman–Crippen LogP) is 6.03. The first kappa shape index (κ1) is 25.5. The summed E-state index contributed by atoms with van der Waals surface area (Å²) in [5, 5.41) is 15.8. The minimum atomic E-state index is -0.546. The first-order valence-electron chi connectivity index (χ1n) is 10.6. The highest BCUT2D eigenvalue weighted by Gasteiger charge is 2.17. The van der Waals surface area contributed by atoms with Crippen LogP contribution in [0.1, 0.15) is 31.2 Å². The molecule has 0 unspecified atom stereocenters. The largest absolute Gasteiger partial charge is 0.493 e. The van der Waals surface area contributed by atoms with Crippen molar-refractivity contribution in [3.05, 3.63) is 89.5 Å².